The quantitative estimate of drug-likeness (QED) is 0.712. The molecular formula is C19H29ClN4O4. The second-order valence-corrected chi connectivity index (χ2v) is 7.92. The number of halogens is 1. The molecule has 0 saturated carbocycles. The van der Waals surface area contributed by atoms with Crippen LogP contribution in [0.25, 0.3) is 10.9 Å². The molecule has 0 aliphatic heterocycles. The van der Waals surface area contributed by atoms with Crippen molar-refractivity contribution in [1.82, 2.24) is 19.4 Å². The maximum atomic E-state index is 12.6. The van der Waals surface area contributed by atoms with Crippen molar-refractivity contribution in [3.8, 4) is 0 Å². The molecule has 2 rings (SSSR count). The van der Waals surface area contributed by atoms with Gasteiger partial charge in [0.15, 0.2) is 0 Å². The van der Waals surface area contributed by atoms with E-state index in [1.165, 1.54) is 4.57 Å². The molecule has 0 fully saturated rings. The van der Waals surface area contributed by atoms with Crippen molar-refractivity contribution in [3.05, 3.63) is 45.1 Å². The van der Waals surface area contributed by atoms with Gasteiger partial charge in [-0.15, -0.1) is 12.4 Å². The molecule has 28 heavy (non-hydrogen) atoms. The van der Waals surface area contributed by atoms with Crippen LogP contribution in [0.4, 0.5) is 0 Å². The normalized spacial score (nSPS) is 12.7. The van der Waals surface area contributed by atoms with E-state index >= 15 is 0 Å². The van der Waals surface area contributed by atoms with E-state index in [0.29, 0.717) is 10.9 Å². The lowest BCUT2D eigenvalue weighted by Crippen LogP contribution is -2.47. The van der Waals surface area contributed by atoms with Gasteiger partial charge in [-0.1, -0.05) is 12.1 Å². The number of amides is 1. The highest BCUT2D eigenvalue weighted by molar-refractivity contribution is 5.85. The van der Waals surface area contributed by atoms with Gasteiger partial charge in [0.1, 0.15) is 0 Å². The third kappa shape index (κ3) is 5.92. The fraction of sp³-hybridized carbons (Fsp3) is 0.526. The first-order valence-corrected chi connectivity index (χ1v) is 8.86. The maximum Gasteiger partial charge on any atom is 0.331 e. The number of likely N-dealkylation sites (N-methyl/N-ethyl adjacent to an activating group) is 1. The van der Waals surface area contributed by atoms with E-state index in [1.807, 2.05) is 20.8 Å². The summed E-state index contributed by atoms with van der Waals surface area (Å²) in [6, 6.07) is 6.86. The summed E-state index contributed by atoms with van der Waals surface area (Å²) in [7, 11) is 3.29. The van der Waals surface area contributed by atoms with Crippen molar-refractivity contribution in [2.45, 2.75) is 39.0 Å². The highest BCUT2D eigenvalue weighted by Gasteiger charge is 2.18. The molecule has 0 aliphatic carbocycles. The van der Waals surface area contributed by atoms with Crippen molar-refractivity contribution >= 4 is 29.2 Å². The van der Waals surface area contributed by atoms with Gasteiger partial charge in [-0.2, -0.15) is 0 Å². The van der Waals surface area contributed by atoms with Crippen LogP contribution >= 0.6 is 12.4 Å². The van der Waals surface area contributed by atoms with Gasteiger partial charge in [0.05, 0.1) is 30.1 Å². The second kappa shape index (κ2) is 9.36. The molecule has 0 aliphatic rings. The molecule has 9 heteroatoms. The Morgan fingerprint density at radius 2 is 1.86 bits per heavy atom. The Kier molecular flexibility index (Phi) is 7.98. The fourth-order valence-electron chi connectivity index (χ4n) is 3.02. The molecule has 0 radical (unpaired) electrons. The average Bonchev–Trinajstić information content (AvgIpc) is 2.54. The van der Waals surface area contributed by atoms with Crippen LogP contribution in [0.3, 0.4) is 0 Å². The zero-order valence-electron chi connectivity index (χ0n) is 16.9. The lowest BCUT2D eigenvalue weighted by molar-refractivity contribution is -0.123. The first-order chi connectivity index (χ1) is 12.5. The summed E-state index contributed by atoms with van der Waals surface area (Å²) in [5.74, 6) is -0.156. The van der Waals surface area contributed by atoms with Gasteiger partial charge in [-0.3, -0.25) is 23.6 Å². The number of carbonyl (C=O) groups excluding carboxylic acids is 1. The molecule has 0 bridgehead atoms. The number of para-hydroxylation sites is 1. The van der Waals surface area contributed by atoms with Crippen molar-refractivity contribution in [2.75, 3.05) is 20.1 Å². The number of aliphatic hydroxyl groups is 1. The Labute approximate surface area is 170 Å². The van der Waals surface area contributed by atoms with Gasteiger partial charge in [-0.05, 0) is 40.0 Å². The lowest BCUT2D eigenvalue weighted by Gasteiger charge is -2.24. The molecule has 1 heterocycles. The van der Waals surface area contributed by atoms with Crippen LogP contribution < -0.4 is 16.6 Å². The van der Waals surface area contributed by atoms with Crippen LogP contribution in [0.2, 0.25) is 0 Å². The van der Waals surface area contributed by atoms with Gasteiger partial charge >= 0.3 is 5.69 Å². The molecule has 0 spiro atoms. The molecule has 0 saturated heterocycles. The van der Waals surface area contributed by atoms with Crippen molar-refractivity contribution < 1.29 is 9.90 Å². The monoisotopic (exact) mass is 412 g/mol. The number of hydrogen-bond acceptors (Lipinski definition) is 5. The van der Waals surface area contributed by atoms with Crippen molar-refractivity contribution in [2.24, 2.45) is 7.05 Å². The molecule has 1 aromatic heterocycles. The molecule has 1 amide bonds. The number of aliphatic hydroxyl groups excluding tert-OH is 1. The van der Waals surface area contributed by atoms with Gasteiger partial charge in [0.25, 0.3) is 5.56 Å². The zero-order chi connectivity index (χ0) is 20.4. The van der Waals surface area contributed by atoms with Crippen LogP contribution in [-0.4, -0.2) is 56.8 Å². The Morgan fingerprint density at radius 1 is 1.25 bits per heavy atom. The van der Waals surface area contributed by atoms with E-state index in [4.69, 9.17) is 0 Å². The maximum absolute atomic E-state index is 12.6. The third-order valence-corrected chi connectivity index (χ3v) is 4.10. The smallest absolute Gasteiger partial charge is 0.331 e. The largest absolute Gasteiger partial charge is 0.390 e. The van der Waals surface area contributed by atoms with Gasteiger partial charge in [-0.25, -0.2) is 4.79 Å². The van der Waals surface area contributed by atoms with E-state index in [9.17, 15) is 19.5 Å². The average molecular weight is 413 g/mol. The number of fused-ring (bicyclic) bond motifs is 1. The van der Waals surface area contributed by atoms with Gasteiger partial charge in [0.2, 0.25) is 5.91 Å². The van der Waals surface area contributed by atoms with E-state index < -0.39 is 17.4 Å². The molecule has 156 valence electrons. The molecule has 8 nitrogen and oxygen atoms in total. The zero-order valence-corrected chi connectivity index (χ0v) is 17.7. The highest BCUT2D eigenvalue weighted by Crippen LogP contribution is 2.06. The summed E-state index contributed by atoms with van der Waals surface area (Å²) >= 11 is 0. The topological polar surface area (TPSA) is 96.6 Å². The third-order valence-electron chi connectivity index (χ3n) is 4.10. The molecule has 1 aromatic carbocycles. The predicted molar refractivity (Wildman–Crippen MR) is 112 cm³/mol. The molecular weight excluding hydrogens is 384 g/mol. The van der Waals surface area contributed by atoms with E-state index in [2.05, 4.69) is 5.32 Å². The lowest BCUT2D eigenvalue weighted by atomic mass is 10.1. The second-order valence-electron chi connectivity index (χ2n) is 7.92. The summed E-state index contributed by atoms with van der Waals surface area (Å²) in [6.07, 6.45) is -0.969. The molecule has 1 atom stereocenters. The number of nitrogens with zero attached hydrogens (tertiary/aromatic N) is 3. The van der Waals surface area contributed by atoms with E-state index in [-0.39, 0.29) is 43.5 Å². The first kappa shape index (κ1) is 23.9. The Bertz CT molecular complexity index is 946. The minimum Gasteiger partial charge on any atom is -0.390 e. The number of aromatic nitrogens is 2. The van der Waals surface area contributed by atoms with Crippen molar-refractivity contribution in [3.63, 3.8) is 0 Å². The van der Waals surface area contributed by atoms with Gasteiger partial charge in [0, 0.05) is 19.1 Å². The van der Waals surface area contributed by atoms with E-state index in [1.54, 1.807) is 43.3 Å². The summed E-state index contributed by atoms with van der Waals surface area (Å²) < 4.78 is 2.43. The number of hydrogen-bond donors (Lipinski definition) is 2. The number of aryl methyl sites for hydroxylation is 1. The van der Waals surface area contributed by atoms with Crippen LogP contribution in [0.15, 0.2) is 33.9 Å². The predicted octanol–water partition coefficient (Wildman–Crippen LogP) is 0.329. The number of carbonyl (C=O) groups is 1. The minimum atomic E-state index is -0.969. The summed E-state index contributed by atoms with van der Waals surface area (Å²) in [5.41, 5.74) is -0.692. The molecule has 1 unspecified atom stereocenters. The minimum absolute atomic E-state index is 0. The van der Waals surface area contributed by atoms with E-state index in [0.717, 1.165) is 4.57 Å². The number of nitrogens with one attached hydrogen (secondary N) is 1. The fourth-order valence-corrected chi connectivity index (χ4v) is 3.02. The Hall–Kier alpha value is -2.16. The number of benzene rings is 1. The summed E-state index contributed by atoms with van der Waals surface area (Å²) in [4.78, 5) is 38.7. The van der Waals surface area contributed by atoms with Crippen LogP contribution in [0.5, 0.6) is 0 Å². The standard InChI is InChI=1S/C19H28N4O4.ClH/c1-19(2,3)20-16(25)12-21(4)10-13(24)11-23-17(26)14-8-6-7-9-15(14)22(5)18(23)27;/h6-9,13,24H,10-12H2,1-5H3,(H,20,25);1H. The Morgan fingerprint density at radius 3 is 2.46 bits per heavy atom. The molecule has 2 N–H and O–H groups in total. The van der Waals surface area contributed by atoms with Crippen LogP contribution in [-0.2, 0) is 18.4 Å². The SMILES string of the molecule is CN(CC(=O)NC(C)(C)C)CC(O)Cn1c(=O)c2ccccc2n(C)c1=O.Cl. The van der Waals surface area contributed by atoms with Gasteiger partial charge < -0.3 is 10.4 Å². The van der Waals surface area contributed by atoms with Crippen molar-refractivity contribution in [1.29, 1.82) is 0 Å². The molecule has 2 aromatic rings. The van der Waals surface area contributed by atoms with Crippen LogP contribution in [0.1, 0.15) is 20.8 Å². The van der Waals surface area contributed by atoms with Crippen LogP contribution in [0, 0.1) is 0 Å². The number of rotatable bonds is 6. The highest BCUT2D eigenvalue weighted by atomic mass is 35.5. The first-order valence-electron chi connectivity index (χ1n) is 8.86. The summed E-state index contributed by atoms with van der Waals surface area (Å²) in [5, 5.41) is 13.6. The Balaban J connectivity index is 0.00000392. The summed E-state index contributed by atoms with van der Waals surface area (Å²) in [6.45, 7) is 5.80.